The van der Waals surface area contributed by atoms with E-state index in [0.717, 1.165) is 42.4 Å². The zero-order valence-corrected chi connectivity index (χ0v) is 11.0. The maximum Gasteiger partial charge on any atom is 0.0103 e. The van der Waals surface area contributed by atoms with Gasteiger partial charge in [-0.3, -0.25) is 0 Å². The topological polar surface area (TPSA) is 26.0 Å². The zero-order chi connectivity index (χ0) is 11.8. The summed E-state index contributed by atoms with van der Waals surface area (Å²) >= 11 is 0. The molecule has 4 bridgehead atoms. The molecule has 2 N–H and O–H groups in total. The minimum atomic E-state index is 0.422. The second-order valence-electron chi connectivity index (χ2n) is 6.64. The van der Waals surface area contributed by atoms with Gasteiger partial charge >= 0.3 is 0 Å². The van der Waals surface area contributed by atoms with Crippen molar-refractivity contribution in [3.8, 4) is 11.8 Å². The van der Waals surface area contributed by atoms with Crippen molar-refractivity contribution in [1.29, 1.82) is 0 Å². The van der Waals surface area contributed by atoms with E-state index in [1.165, 1.54) is 32.1 Å². The van der Waals surface area contributed by atoms with Gasteiger partial charge in [0, 0.05) is 12.5 Å². The van der Waals surface area contributed by atoms with Gasteiger partial charge in [-0.2, -0.15) is 0 Å². The van der Waals surface area contributed by atoms with E-state index in [0.29, 0.717) is 6.04 Å². The van der Waals surface area contributed by atoms with Crippen molar-refractivity contribution in [1.82, 2.24) is 0 Å². The molecule has 0 heterocycles. The van der Waals surface area contributed by atoms with E-state index < -0.39 is 0 Å². The van der Waals surface area contributed by atoms with Crippen molar-refractivity contribution >= 4 is 0 Å². The van der Waals surface area contributed by atoms with Crippen LogP contribution in [-0.4, -0.2) is 6.04 Å². The molecule has 4 aliphatic rings. The predicted molar refractivity (Wildman–Crippen MR) is 71.2 cm³/mol. The molecule has 0 saturated heterocycles. The summed E-state index contributed by atoms with van der Waals surface area (Å²) in [5.41, 5.74) is 6.47. The van der Waals surface area contributed by atoms with Crippen LogP contribution in [0, 0.1) is 41.4 Å². The lowest BCUT2D eigenvalue weighted by atomic mass is 9.50. The summed E-state index contributed by atoms with van der Waals surface area (Å²) in [4.78, 5) is 0. The second-order valence-corrected chi connectivity index (χ2v) is 6.64. The molecule has 1 nitrogen and oxygen atoms in total. The molecule has 4 rings (SSSR count). The number of hydrogen-bond acceptors (Lipinski definition) is 1. The van der Waals surface area contributed by atoms with E-state index in [1.54, 1.807) is 0 Å². The summed E-state index contributed by atoms with van der Waals surface area (Å²) in [6.07, 6.45) is 9.62. The molecule has 94 valence electrons. The molecule has 1 atom stereocenters. The fourth-order valence-electron chi connectivity index (χ4n) is 5.22. The summed E-state index contributed by atoms with van der Waals surface area (Å²) in [5, 5.41) is 0. The van der Waals surface area contributed by atoms with Crippen molar-refractivity contribution in [3.05, 3.63) is 0 Å². The molecule has 1 heteroatoms. The first kappa shape index (κ1) is 11.6. The molecule has 0 amide bonds. The Bertz CT molecular complexity index is 307. The van der Waals surface area contributed by atoms with Crippen molar-refractivity contribution in [3.63, 3.8) is 0 Å². The van der Waals surface area contributed by atoms with Crippen LogP contribution in [0.3, 0.4) is 0 Å². The highest BCUT2D eigenvalue weighted by Gasteiger charge is 2.49. The van der Waals surface area contributed by atoms with E-state index in [-0.39, 0.29) is 0 Å². The van der Waals surface area contributed by atoms with Gasteiger partial charge in [-0.25, -0.2) is 0 Å². The van der Waals surface area contributed by atoms with Gasteiger partial charge in [0.2, 0.25) is 0 Å². The second kappa shape index (κ2) is 4.65. The smallest absolute Gasteiger partial charge is 0.0103 e. The lowest BCUT2D eigenvalue weighted by Crippen LogP contribution is -2.51. The van der Waals surface area contributed by atoms with Gasteiger partial charge in [-0.1, -0.05) is 0 Å². The molecule has 0 aliphatic heterocycles. The highest BCUT2D eigenvalue weighted by Crippen LogP contribution is 2.57. The molecule has 0 aromatic heterocycles. The first-order chi connectivity index (χ1) is 8.28. The van der Waals surface area contributed by atoms with Crippen molar-refractivity contribution in [2.45, 2.75) is 57.9 Å². The van der Waals surface area contributed by atoms with Crippen LogP contribution in [0.4, 0.5) is 0 Å². The Hall–Kier alpha value is -0.480. The molecule has 4 saturated carbocycles. The first-order valence-corrected chi connectivity index (χ1v) is 7.43. The van der Waals surface area contributed by atoms with Gasteiger partial charge in [-0.15, -0.1) is 11.8 Å². The molecule has 0 spiro atoms. The van der Waals surface area contributed by atoms with Gasteiger partial charge in [0.1, 0.15) is 0 Å². The maximum absolute atomic E-state index is 6.47. The fourth-order valence-corrected chi connectivity index (χ4v) is 5.22. The Morgan fingerprint density at radius 1 is 1.06 bits per heavy atom. The van der Waals surface area contributed by atoms with Gasteiger partial charge in [0.05, 0.1) is 0 Å². The lowest BCUT2D eigenvalue weighted by Gasteiger charge is -2.56. The third-order valence-electron chi connectivity index (χ3n) is 5.57. The Balaban J connectivity index is 1.64. The van der Waals surface area contributed by atoms with E-state index in [1.807, 2.05) is 6.92 Å². The molecule has 0 aromatic rings. The number of hydrogen-bond donors (Lipinski definition) is 1. The Kier molecular flexibility index (Phi) is 3.17. The van der Waals surface area contributed by atoms with Gasteiger partial charge in [0.25, 0.3) is 0 Å². The maximum atomic E-state index is 6.47. The van der Waals surface area contributed by atoms with Crippen LogP contribution in [0.15, 0.2) is 0 Å². The Morgan fingerprint density at radius 2 is 1.65 bits per heavy atom. The minimum Gasteiger partial charge on any atom is -0.327 e. The predicted octanol–water partition coefficient (Wildman–Crippen LogP) is 3.19. The molecule has 1 unspecified atom stereocenters. The zero-order valence-electron chi connectivity index (χ0n) is 11.0. The van der Waals surface area contributed by atoms with Crippen molar-refractivity contribution in [2.75, 3.05) is 0 Å². The summed E-state index contributed by atoms with van der Waals surface area (Å²) in [7, 11) is 0. The summed E-state index contributed by atoms with van der Waals surface area (Å²) < 4.78 is 0. The molecule has 4 fully saturated rings. The molecule has 17 heavy (non-hydrogen) atoms. The molecule has 0 radical (unpaired) electrons. The normalized spacial score (nSPS) is 44.2. The summed E-state index contributed by atoms with van der Waals surface area (Å²) in [6.45, 7) is 1.92. The average Bonchev–Trinajstić information content (AvgIpc) is 2.27. The monoisotopic (exact) mass is 231 g/mol. The quantitative estimate of drug-likeness (QED) is 0.742. The van der Waals surface area contributed by atoms with Crippen LogP contribution < -0.4 is 5.73 Å². The van der Waals surface area contributed by atoms with E-state index in [9.17, 15) is 0 Å². The minimum absolute atomic E-state index is 0.422. The highest BCUT2D eigenvalue weighted by atomic mass is 14.7. The summed E-state index contributed by atoms with van der Waals surface area (Å²) in [5.74, 6) is 11.1. The van der Waals surface area contributed by atoms with Crippen LogP contribution in [-0.2, 0) is 0 Å². The Labute approximate surface area is 106 Å². The summed E-state index contributed by atoms with van der Waals surface area (Å²) in [6, 6.07) is 0.422. The third-order valence-corrected chi connectivity index (χ3v) is 5.57. The number of rotatable bonds is 3. The lowest BCUT2D eigenvalue weighted by molar-refractivity contribution is -0.0473. The van der Waals surface area contributed by atoms with Crippen molar-refractivity contribution in [2.24, 2.45) is 35.3 Å². The van der Waals surface area contributed by atoms with E-state index in [2.05, 4.69) is 11.8 Å². The van der Waals surface area contributed by atoms with E-state index >= 15 is 0 Å². The number of nitrogens with two attached hydrogens (primary N) is 1. The van der Waals surface area contributed by atoms with Gasteiger partial charge < -0.3 is 5.73 Å². The van der Waals surface area contributed by atoms with Crippen LogP contribution in [0.2, 0.25) is 0 Å². The third kappa shape index (κ3) is 2.13. The Morgan fingerprint density at radius 3 is 2.18 bits per heavy atom. The van der Waals surface area contributed by atoms with Crippen LogP contribution in [0.25, 0.3) is 0 Å². The van der Waals surface area contributed by atoms with Gasteiger partial charge in [0.15, 0.2) is 0 Å². The largest absolute Gasteiger partial charge is 0.327 e. The molecule has 0 aromatic carbocycles. The van der Waals surface area contributed by atoms with E-state index in [4.69, 9.17) is 5.73 Å². The van der Waals surface area contributed by atoms with Crippen LogP contribution in [0.5, 0.6) is 0 Å². The highest BCUT2D eigenvalue weighted by molar-refractivity contribution is 5.02. The molecular formula is C16H25N. The fraction of sp³-hybridized carbons (Fsp3) is 0.875. The SMILES string of the molecule is CC#CCCC(N)C1C2CC3CC(C2)CC1C3. The average molecular weight is 231 g/mol. The first-order valence-electron chi connectivity index (χ1n) is 7.43. The van der Waals surface area contributed by atoms with Crippen LogP contribution >= 0.6 is 0 Å². The standard InChI is InChI=1S/C16H25N/c1-2-3-4-5-15(17)16-13-7-11-6-12(9-13)10-14(16)8-11/h11-16H,4-10,17H2,1H3. The van der Waals surface area contributed by atoms with Crippen molar-refractivity contribution < 1.29 is 0 Å². The molecular weight excluding hydrogens is 206 g/mol. The van der Waals surface area contributed by atoms with Gasteiger partial charge in [-0.05, 0) is 75.0 Å². The molecule has 4 aliphatic carbocycles. The van der Waals surface area contributed by atoms with Crippen LogP contribution in [0.1, 0.15) is 51.9 Å².